The predicted octanol–water partition coefficient (Wildman–Crippen LogP) is 4.62. The highest BCUT2D eigenvalue weighted by atomic mass is 79.9. The van der Waals surface area contributed by atoms with Crippen molar-refractivity contribution in [3.05, 3.63) is 87.9 Å². The van der Waals surface area contributed by atoms with Gasteiger partial charge in [-0.25, -0.2) is 9.59 Å². The molecule has 0 heterocycles. The van der Waals surface area contributed by atoms with Gasteiger partial charge in [0, 0.05) is 10.4 Å². The van der Waals surface area contributed by atoms with Gasteiger partial charge in [0.2, 0.25) is 5.91 Å². The Morgan fingerprint density at radius 2 is 1.56 bits per heavy atom. The lowest BCUT2D eigenvalue weighted by molar-refractivity contribution is -0.115. The molecule has 8 heteroatoms. The predicted molar refractivity (Wildman–Crippen MR) is 123 cm³/mol. The van der Waals surface area contributed by atoms with Crippen molar-refractivity contribution in [2.24, 2.45) is 0 Å². The second kappa shape index (κ2) is 9.23. The molecule has 0 spiro atoms. The minimum absolute atomic E-state index is 0.0531. The molecule has 4 rings (SSSR count). The maximum atomic E-state index is 12.2. The molecule has 0 saturated heterocycles. The first-order valence-electron chi connectivity index (χ1n) is 9.85. The number of aromatic carboxylic acids is 1. The number of benzene rings is 3. The highest BCUT2D eigenvalue weighted by molar-refractivity contribution is 9.10. The number of fused-ring (bicyclic) bond motifs is 3. The monoisotopic (exact) mass is 494 g/mol. The van der Waals surface area contributed by atoms with Crippen LogP contribution in [-0.4, -0.2) is 36.2 Å². The Hall–Kier alpha value is -3.65. The van der Waals surface area contributed by atoms with Crippen molar-refractivity contribution in [1.29, 1.82) is 0 Å². The van der Waals surface area contributed by atoms with Gasteiger partial charge in [-0.05, 0) is 40.5 Å². The number of carbonyl (C=O) groups is 3. The van der Waals surface area contributed by atoms with Crippen molar-refractivity contribution >= 4 is 39.6 Å². The number of nitrogens with one attached hydrogen (secondary N) is 2. The van der Waals surface area contributed by atoms with Crippen molar-refractivity contribution in [2.45, 2.75) is 5.92 Å². The van der Waals surface area contributed by atoms with Gasteiger partial charge < -0.3 is 20.5 Å². The summed E-state index contributed by atoms with van der Waals surface area (Å²) in [6.07, 6.45) is -0.727. The Bertz CT molecular complexity index is 1160. The first-order chi connectivity index (χ1) is 15.4. The van der Waals surface area contributed by atoms with E-state index >= 15 is 0 Å². The van der Waals surface area contributed by atoms with Crippen molar-refractivity contribution in [1.82, 2.24) is 5.32 Å². The first kappa shape index (κ1) is 21.6. The minimum Gasteiger partial charge on any atom is -0.478 e. The van der Waals surface area contributed by atoms with Gasteiger partial charge in [0.1, 0.15) is 13.2 Å². The molecule has 0 radical (unpaired) electrons. The number of amides is 2. The molecule has 1 aliphatic carbocycles. The van der Waals surface area contributed by atoms with Crippen LogP contribution in [0.3, 0.4) is 0 Å². The van der Waals surface area contributed by atoms with Crippen LogP contribution in [0.1, 0.15) is 27.4 Å². The minimum atomic E-state index is -1.17. The Kier molecular flexibility index (Phi) is 6.23. The van der Waals surface area contributed by atoms with Gasteiger partial charge in [-0.3, -0.25) is 4.79 Å². The zero-order chi connectivity index (χ0) is 22.7. The lowest BCUT2D eigenvalue weighted by Gasteiger charge is -2.14. The smallest absolute Gasteiger partial charge is 0.407 e. The second-order valence-electron chi connectivity index (χ2n) is 7.22. The number of anilines is 1. The van der Waals surface area contributed by atoms with E-state index in [2.05, 4.69) is 26.6 Å². The van der Waals surface area contributed by atoms with E-state index in [0.717, 1.165) is 22.3 Å². The van der Waals surface area contributed by atoms with Crippen LogP contribution in [-0.2, 0) is 9.53 Å². The molecule has 7 nitrogen and oxygen atoms in total. The van der Waals surface area contributed by atoms with Gasteiger partial charge >= 0.3 is 12.1 Å². The van der Waals surface area contributed by atoms with Crippen LogP contribution in [0.25, 0.3) is 11.1 Å². The molecule has 0 aliphatic heterocycles. The van der Waals surface area contributed by atoms with E-state index in [9.17, 15) is 19.5 Å². The summed E-state index contributed by atoms with van der Waals surface area (Å²) < 4.78 is 6.00. The Labute approximate surface area is 192 Å². The van der Waals surface area contributed by atoms with Gasteiger partial charge in [-0.1, -0.05) is 64.5 Å². The quantitative estimate of drug-likeness (QED) is 0.463. The number of carbonyl (C=O) groups excluding carboxylic acids is 2. The molecular weight excluding hydrogens is 476 g/mol. The number of hydrogen-bond donors (Lipinski definition) is 3. The lowest BCUT2D eigenvalue weighted by atomic mass is 9.98. The van der Waals surface area contributed by atoms with E-state index in [4.69, 9.17) is 4.74 Å². The molecule has 3 aromatic carbocycles. The summed E-state index contributed by atoms with van der Waals surface area (Å²) in [6, 6.07) is 20.4. The molecular formula is C24H19BrN2O5. The van der Waals surface area contributed by atoms with Gasteiger partial charge in [0.25, 0.3) is 0 Å². The number of carboxylic acid groups (broad SMARTS) is 1. The summed E-state index contributed by atoms with van der Waals surface area (Å²) >= 11 is 3.24. The summed E-state index contributed by atoms with van der Waals surface area (Å²) in [5.74, 6) is -1.82. The maximum Gasteiger partial charge on any atom is 0.407 e. The van der Waals surface area contributed by atoms with E-state index in [-0.39, 0.29) is 30.3 Å². The summed E-state index contributed by atoms with van der Waals surface area (Å²) in [7, 11) is 0. The van der Waals surface area contributed by atoms with Crippen LogP contribution in [0.4, 0.5) is 10.5 Å². The van der Waals surface area contributed by atoms with Crippen LogP contribution in [0, 0.1) is 0 Å². The van der Waals surface area contributed by atoms with E-state index in [1.165, 1.54) is 12.1 Å². The number of halogens is 1. The molecule has 2 amide bonds. The molecule has 0 aromatic heterocycles. The Balaban J connectivity index is 1.34. The SMILES string of the molecule is O=C(CNC(=O)OCC1c2ccccc2-c2ccccc21)Nc1cc(Br)ccc1C(=O)O. The third-order valence-electron chi connectivity index (χ3n) is 5.22. The van der Waals surface area contributed by atoms with Gasteiger partial charge in [-0.2, -0.15) is 0 Å². The number of hydrogen-bond acceptors (Lipinski definition) is 4. The fourth-order valence-electron chi connectivity index (χ4n) is 3.80. The van der Waals surface area contributed by atoms with E-state index in [1.807, 2.05) is 48.5 Å². The van der Waals surface area contributed by atoms with E-state index < -0.39 is 18.0 Å². The molecule has 0 unspecified atom stereocenters. The van der Waals surface area contributed by atoms with Crippen LogP contribution in [0.2, 0.25) is 0 Å². The first-order valence-corrected chi connectivity index (χ1v) is 10.6. The molecule has 0 fully saturated rings. The van der Waals surface area contributed by atoms with E-state index in [0.29, 0.717) is 4.47 Å². The molecule has 32 heavy (non-hydrogen) atoms. The number of rotatable bonds is 6. The molecule has 162 valence electrons. The topological polar surface area (TPSA) is 105 Å². The highest BCUT2D eigenvalue weighted by Crippen LogP contribution is 2.44. The molecule has 0 saturated carbocycles. The zero-order valence-corrected chi connectivity index (χ0v) is 18.4. The van der Waals surface area contributed by atoms with Gasteiger partial charge in [0.15, 0.2) is 0 Å². The molecule has 0 bridgehead atoms. The largest absolute Gasteiger partial charge is 0.478 e. The number of alkyl carbamates (subject to hydrolysis) is 1. The van der Waals surface area contributed by atoms with Gasteiger partial charge in [-0.15, -0.1) is 0 Å². The van der Waals surface area contributed by atoms with Crippen LogP contribution < -0.4 is 10.6 Å². The third-order valence-corrected chi connectivity index (χ3v) is 5.72. The summed E-state index contributed by atoms with van der Waals surface area (Å²) in [6.45, 7) is -0.224. The highest BCUT2D eigenvalue weighted by Gasteiger charge is 2.29. The molecule has 3 aromatic rings. The molecule has 1 aliphatic rings. The van der Waals surface area contributed by atoms with Crippen LogP contribution in [0.5, 0.6) is 0 Å². The van der Waals surface area contributed by atoms with Crippen molar-refractivity contribution in [3.8, 4) is 11.1 Å². The normalized spacial score (nSPS) is 11.9. The van der Waals surface area contributed by atoms with Gasteiger partial charge in [0.05, 0.1) is 11.3 Å². The molecule has 3 N–H and O–H groups in total. The van der Waals surface area contributed by atoms with E-state index in [1.54, 1.807) is 6.07 Å². The summed E-state index contributed by atoms with van der Waals surface area (Å²) in [5.41, 5.74) is 4.51. The standard InChI is InChI=1S/C24H19BrN2O5/c25-14-9-10-19(23(29)30)21(11-14)27-22(28)12-26-24(31)32-13-20-17-7-3-1-5-15(17)16-6-2-4-8-18(16)20/h1-11,20H,12-13H2,(H,26,31)(H,27,28)(H,29,30). The maximum absolute atomic E-state index is 12.2. The van der Waals surface area contributed by atoms with Crippen molar-refractivity contribution in [2.75, 3.05) is 18.5 Å². The summed E-state index contributed by atoms with van der Waals surface area (Å²) in [4.78, 5) is 35.7. The average molecular weight is 495 g/mol. The lowest BCUT2D eigenvalue weighted by Crippen LogP contribution is -2.34. The fourth-order valence-corrected chi connectivity index (χ4v) is 4.16. The van der Waals surface area contributed by atoms with Crippen molar-refractivity contribution in [3.63, 3.8) is 0 Å². The Morgan fingerprint density at radius 3 is 2.19 bits per heavy atom. The Morgan fingerprint density at radius 1 is 0.938 bits per heavy atom. The number of carboxylic acids is 1. The summed E-state index contributed by atoms with van der Waals surface area (Å²) in [5, 5.41) is 14.1. The zero-order valence-electron chi connectivity index (χ0n) is 16.8. The molecule has 0 atom stereocenters. The van der Waals surface area contributed by atoms with Crippen molar-refractivity contribution < 1.29 is 24.2 Å². The fraction of sp³-hybridized carbons (Fsp3) is 0.125. The second-order valence-corrected chi connectivity index (χ2v) is 8.14. The van der Waals surface area contributed by atoms with Crippen LogP contribution >= 0.6 is 15.9 Å². The number of ether oxygens (including phenoxy) is 1. The van der Waals surface area contributed by atoms with Crippen LogP contribution in [0.15, 0.2) is 71.2 Å². The third kappa shape index (κ3) is 4.50. The average Bonchev–Trinajstić information content (AvgIpc) is 3.10.